The minimum atomic E-state index is -0.845. The number of nitrogens with two attached hydrogens (primary N) is 1. The van der Waals surface area contributed by atoms with E-state index in [1.54, 1.807) is 44.2 Å². The van der Waals surface area contributed by atoms with Gasteiger partial charge in [-0.3, -0.25) is 14.4 Å². The van der Waals surface area contributed by atoms with Crippen molar-refractivity contribution in [1.82, 2.24) is 5.32 Å². The first-order valence-corrected chi connectivity index (χ1v) is 8.51. The van der Waals surface area contributed by atoms with Crippen molar-refractivity contribution in [2.45, 2.75) is 26.3 Å². The molecular formula is C20H22FN3O3. The van der Waals surface area contributed by atoms with Gasteiger partial charge in [-0.2, -0.15) is 0 Å². The van der Waals surface area contributed by atoms with Gasteiger partial charge < -0.3 is 16.4 Å². The van der Waals surface area contributed by atoms with Crippen LogP contribution in [0, 0.1) is 11.7 Å². The predicted molar refractivity (Wildman–Crippen MR) is 100 cm³/mol. The number of amides is 3. The third-order valence-corrected chi connectivity index (χ3v) is 3.95. The largest absolute Gasteiger partial charge is 0.369 e. The Labute approximate surface area is 156 Å². The zero-order valence-electron chi connectivity index (χ0n) is 15.2. The molecule has 4 N–H and O–H groups in total. The lowest BCUT2D eigenvalue weighted by Gasteiger charge is -2.22. The van der Waals surface area contributed by atoms with Gasteiger partial charge in [-0.15, -0.1) is 0 Å². The maximum atomic E-state index is 13.8. The summed E-state index contributed by atoms with van der Waals surface area (Å²) in [5, 5.41) is 5.29. The number of hydrogen-bond acceptors (Lipinski definition) is 3. The first-order valence-electron chi connectivity index (χ1n) is 8.51. The van der Waals surface area contributed by atoms with E-state index in [9.17, 15) is 18.8 Å². The molecule has 2 aromatic rings. The summed E-state index contributed by atoms with van der Waals surface area (Å²) in [5.74, 6) is -2.38. The Kier molecular flexibility index (Phi) is 6.65. The fraction of sp³-hybridized carbons (Fsp3) is 0.250. The molecule has 0 aromatic heterocycles. The molecule has 0 heterocycles. The van der Waals surface area contributed by atoms with Gasteiger partial charge in [0.2, 0.25) is 11.8 Å². The minimum Gasteiger partial charge on any atom is -0.369 e. The van der Waals surface area contributed by atoms with Crippen LogP contribution in [0.15, 0.2) is 48.5 Å². The molecule has 0 aliphatic rings. The Morgan fingerprint density at radius 1 is 1.04 bits per heavy atom. The van der Waals surface area contributed by atoms with Crippen LogP contribution >= 0.6 is 0 Å². The van der Waals surface area contributed by atoms with Gasteiger partial charge in [0.05, 0.1) is 12.0 Å². The van der Waals surface area contributed by atoms with Crippen LogP contribution in [0.2, 0.25) is 0 Å². The summed E-state index contributed by atoms with van der Waals surface area (Å²) in [4.78, 5) is 35.8. The molecule has 1 unspecified atom stereocenters. The van der Waals surface area contributed by atoms with E-state index in [0.717, 1.165) is 5.56 Å². The number of carbonyl (C=O) groups is 3. The Bertz CT molecular complexity index is 835. The molecule has 27 heavy (non-hydrogen) atoms. The summed E-state index contributed by atoms with van der Waals surface area (Å²) in [5.41, 5.74) is 6.27. The molecule has 142 valence electrons. The highest BCUT2D eigenvalue weighted by molar-refractivity contribution is 6.01. The van der Waals surface area contributed by atoms with Crippen molar-refractivity contribution < 1.29 is 18.8 Å². The number of carbonyl (C=O) groups excluding carboxylic acids is 3. The van der Waals surface area contributed by atoms with Gasteiger partial charge >= 0.3 is 0 Å². The van der Waals surface area contributed by atoms with Crippen molar-refractivity contribution in [2.24, 2.45) is 11.7 Å². The zero-order chi connectivity index (χ0) is 20.0. The van der Waals surface area contributed by atoms with Gasteiger partial charge in [0.25, 0.3) is 5.91 Å². The molecule has 7 heteroatoms. The van der Waals surface area contributed by atoms with Crippen LogP contribution < -0.4 is 16.4 Å². The second kappa shape index (κ2) is 8.93. The Balaban J connectivity index is 2.07. The van der Waals surface area contributed by atoms with Gasteiger partial charge in [-0.25, -0.2) is 4.39 Å². The summed E-state index contributed by atoms with van der Waals surface area (Å²) >= 11 is 0. The second-order valence-corrected chi connectivity index (χ2v) is 6.50. The van der Waals surface area contributed by atoms with Crippen LogP contribution in [0.1, 0.15) is 29.8 Å². The topological polar surface area (TPSA) is 101 Å². The summed E-state index contributed by atoms with van der Waals surface area (Å²) < 4.78 is 13.8. The monoisotopic (exact) mass is 371 g/mol. The number of hydrogen-bond donors (Lipinski definition) is 3. The first-order chi connectivity index (χ1) is 12.8. The lowest BCUT2D eigenvalue weighted by atomic mass is 10.0. The van der Waals surface area contributed by atoms with Crippen molar-refractivity contribution in [2.75, 3.05) is 5.32 Å². The highest BCUT2D eigenvalue weighted by atomic mass is 19.1. The third kappa shape index (κ3) is 5.64. The van der Waals surface area contributed by atoms with E-state index in [2.05, 4.69) is 10.6 Å². The van der Waals surface area contributed by atoms with Gasteiger partial charge in [0.1, 0.15) is 11.9 Å². The Morgan fingerprint density at radius 2 is 1.67 bits per heavy atom. The van der Waals surface area contributed by atoms with E-state index in [0.29, 0.717) is 5.69 Å². The number of anilines is 1. The molecule has 2 aromatic carbocycles. The Morgan fingerprint density at radius 3 is 2.22 bits per heavy atom. The van der Waals surface area contributed by atoms with Gasteiger partial charge in [0.15, 0.2) is 0 Å². The number of halogens is 1. The molecule has 2 rings (SSSR count). The SMILES string of the molecule is CC(C)C(NC(=O)c1ccccc1F)C(=O)Nc1ccc(CC(N)=O)cc1. The van der Waals surface area contributed by atoms with Gasteiger partial charge in [0, 0.05) is 5.69 Å². The summed E-state index contributed by atoms with van der Waals surface area (Å²) in [6.45, 7) is 3.56. The van der Waals surface area contributed by atoms with Crippen molar-refractivity contribution in [3.8, 4) is 0 Å². The van der Waals surface area contributed by atoms with Gasteiger partial charge in [-0.05, 0) is 35.7 Å². The van der Waals surface area contributed by atoms with Crippen molar-refractivity contribution in [3.63, 3.8) is 0 Å². The third-order valence-electron chi connectivity index (χ3n) is 3.95. The van der Waals surface area contributed by atoms with E-state index in [-0.39, 0.29) is 17.9 Å². The van der Waals surface area contributed by atoms with E-state index in [1.165, 1.54) is 18.2 Å². The molecule has 0 fully saturated rings. The van der Waals surface area contributed by atoms with E-state index < -0.39 is 29.6 Å². The number of rotatable bonds is 7. The fourth-order valence-electron chi connectivity index (χ4n) is 2.53. The van der Waals surface area contributed by atoms with Crippen molar-refractivity contribution in [1.29, 1.82) is 0 Å². The van der Waals surface area contributed by atoms with Crippen LogP contribution in [-0.2, 0) is 16.0 Å². The first kappa shape index (κ1) is 20.1. The molecule has 0 saturated heterocycles. The van der Waals surface area contributed by atoms with Crippen LogP contribution in [-0.4, -0.2) is 23.8 Å². The quantitative estimate of drug-likeness (QED) is 0.696. The molecule has 3 amide bonds. The average molecular weight is 371 g/mol. The second-order valence-electron chi connectivity index (χ2n) is 6.50. The van der Waals surface area contributed by atoms with Crippen molar-refractivity contribution in [3.05, 3.63) is 65.5 Å². The van der Waals surface area contributed by atoms with Crippen LogP contribution in [0.5, 0.6) is 0 Å². The molecule has 6 nitrogen and oxygen atoms in total. The number of nitrogens with one attached hydrogen (secondary N) is 2. The molecule has 0 saturated carbocycles. The molecule has 0 radical (unpaired) electrons. The van der Waals surface area contributed by atoms with Crippen LogP contribution in [0.4, 0.5) is 10.1 Å². The predicted octanol–water partition coefficient (Wildman–Crippen LogP) is 2.25. The normalized spacial score (nSPS) is 11.7. The molecule has 0 aliphatic heterocycles. The highest BCUT2D eigenvalue weighted by Gasteiger charge is 2.25. The maximum absolute atomic E-state index is 13.8. The number of primary amides is 1. The van der Waals surface area contributed by atoms with Gasteiger partial charge in [-0.1, -0.05) is 38.1 Å². The average Bonchev–Trinajstić information content (AvgIpc) is 2.60. The molecule has 1 atom stereocenters. The van der Waals surface area contributed by atoms with Crippen LogP contribution in [0.25, 0.3) is 0 Å². The summed E-state index contributed by atoms with van der Waals surface area (Å²) in [6, 6.07) is 11.4. The molecule has 0 spiro atoms. The van der Waals surface area contributed by atoms with E-state index in [1.807, 2.05) is 0 Å². The summed E-state index contributed by atoms with van der Waals surface area (Å²) in [7, 11) is 0. The Hall–Kier alpha value is -3.22. The van der Waals surface area contributed by atoms with E-state index >= 15 is 0 Å². The smallest absolute Gasteiger partial charge is 0.254 e. The fourth-order valence-corrected chi connectivity index (χ4v) is 2.53. The minimum absolute atomic E-state index is 0.113. The lowest BCUT2D eigenvalue weighted by Crippen LogP contribution is -2.47. The number of benzene rings is 2. The maximum Gasteiger partial charge on any atom is 0.254 e. The van der Waals surface area contributed by atoms with Crippen molar-refractivity contribution >= 4 is 23.4 Å². The lowest BCUT2D eigenvalue weighted by molar-refractivity contribution is -0.119. The summed E-state index contributed by atoms with van der Waals surface area (Å²) in [6.07, 6.45) is 0.113. The standard InChI is InChI=1S/C20H22FN3O3/c1-12(2)18(24-19(26)15-5-3-4-6-16(15)21)20(27)23-14-9-7-13(8-10-14)11-17(22)25/h3-10,12,18H,11H2,1-2H3,(H2,22,25)(H,23,27)(H,24,26). The van der Waals surface area contributed by atoms with Crippen LogP contribution in [0.3, 0.4) is 0 Å². The molecule has 0 bridgehead atoms. The highest BCUT2D eigenvalue weighted by Crippen LogP contribution is 2.13. The molecular weight excluding hydrogens is 349 g/mol. The van der Waals surface area contributed by atoms with E-state index in [4.69, 9.17) is 5.73 Å². The zero-order valence-corrected chi connectivity index (χ0v) is 15.2. The molecule has 0 aliphatic carbocycles.